The lowest BCUT2D eigenvalue weighted by atomic mass is 10.2. The van der Waals surface area contributed by atoms with Gasteiger partial charge < -0.3 is 26.2 Å². The molecule has 0 amide bonds. The van der Waals surface area contributed by atoms with Crippen LogP contribution in [0.5, 0.6) is 6.01 Å². The fourth-order valence-corrected chi connectivity index (χ4v) is 5.39. The Bertz CT molecular complexity index is 1050. The van der Waals surface area contributed by atoms with E-state index in [9.17, 15) is 4.21 Å². The van der Waals surface area contributed by atoms with Crippen LogP contribution in [0.2, 0.25) is 0 Å². The van der Waals surface area contributed by atoms with Crippen LogP contribution in [-0.4, -0.2) is 68.2 Å². The molecule has 38 heavy (non-hydrogen) atoms. The number of benzene rings is 1. The zero-order valence-corrected chi connectivity index (χ0v) is 24.3. The van der Waals surface area contributed by atoms with Crippen molar-refractivity contribution < 1.29 is 15.8 Å². The molecule has 5 N–H and O–H groups in total. The van der Waals surface area contributed by atoms with Crippen molar-refractivity contribution in [1.29, 1.82) is 5.26 Å². The molecule has 2 atom stereocenters. The second kappa shape index (κ2) is 17.8. The number of likely N-dealkylation sites (tertiary alicyclic amines) is 1. The van der Waals surface area contributed by atoms with Crippen molar-refractivity contribution in [1.82, 2.24) is 19.2 Å². The van der Waals surface area contributed by atoms with Crippen LogP contribution in [0.3, 0.4) is 0 Å². The summed E-state index contributed by atoms with van der Waals surface area (Å²) in [5.41, 5.74) is 8.53. The summed E-state index contributed by atoms with van der Waals surface area (Å²) in [5.74, 6) is 0.726. The number of anilines is 1. The molecule has 1 saturated heterocycles. The molecule has 10 nitrogen and oxygen atoms in total. The first kappa shape index (κ1) is 33.4. The van der Waals surface area contributed by atoms with Gasteiger partial charge in [-0.25, -0.2) is 8.51 Å². The molecule has 1 aromatic heterocycles. The molecule has 0 saturated carbocycles. The predicted octanol–water partition coefficient (Wildman–Crippen LogP) is 3.42. The summed E-state index contributed by atoms with van der Waals surface area (Å²) < 4.78 is 21.1. The smallest absolute Gasteiger partial charge is 0.318 e. The summed E-state index contributed by atoms with van der Waals surface area (Å²) in [6, 6.07) is 10.6. The molecule has 1 aromatic carbocycles. The number of hydrogen-bond donors (Lipinski definition) is 2. The van der Waals surface area contributed by atoms with Crippen LogP contribution in [0.15, 0.2) is 29.2 Å². The van der Waals surface area contributed by atoms with Gasteiger partial charge in [0.2, 0.25) is 0 Å². The Morgan fingerprint density at radius 3 is 2.61 bits per heavy atom. The van der Waals surface area contributed by atoms with Crippen molar-refractivity contribution in [2.75, 3.05) is 38.6 Å². The molecular weight excluding hydrogens is 502 g/mol. The molecule has 1 fully saturated rings. The van der Waals surface area contributed by atoms with Gasteiger partial charge in [0.1, 0.15) is 23.4 Å². The number of aryl methyl sites for hydroxylation is 1. The van der Waals surface area contributed by atoms with Crippen LogP contribution in [0.1, 0.15) is 64.7 Å². The zero-order valence-electron chi connectivity index (χ0n) is 23.5. The molecular formula is C27H47N7O3S. The van der Waals surface area contributed by atoms with Crippen molar-refractivity contribution in [3.63, 3.8) is 0 Å². The monoisotopic (exact) mass is 549 g/mol. The van der Waals surface area contributed by atoms with Gasteiger partial charge in [-0.05, 0) is 51.4 Å². The Labute approximate surface area is 232 Å². The third-order valence-corrected chi connectivity index (χ3v) is 7.69. The Balaban J connectivity index is 0.00000145. The highest BCUT2D eigenvalue weighted by atomic mass is 32.2. The predicted molar refractivity (Wildman–Crippen MR) is 155 cm³/mol. The minimum Gasteiger partial charge on any atom is -0.462 e. The molecule has 0 aliphatic carbocycles. The number of rotatable bonds is 9. The molecule has 2 aliphatic rings. The van der Waals surface area contributed by atoms with Crippen LogP contribution in [-0.2, 0) is 24.1 Å². The highest BCUT2D eigenvalue weighted by molar-refractivity contribution is 7.82. The van der Waals surface area contributed by atoms with Gasteiger partial charge >= 0.3 is 6.01 Å². The average molecular weight is 550 g/mol. The van der Waals surface area contributed by atoms with Crippen LogP contribution in [0, 0.1) is 18.3 Å². The first-order chi connectivity index (χ1) is 18.0. The summed E-state index contributed by atoms with van der Waals surface area (Å²) in [4.78, 5) is 12.4. The minimum atomic E-state index is -1.26. The summed E-state index contributed by atoms with van der Waals surface area (Å²) in [7, 11) is 0.861. The number of ether oxygens (including phenoxy) is 1. The van der Waals surface area contributed by atoms with Crippen molar-refractivity contribution in [2.45, 2.75) is 77.4 Å². The first-order valence-electron chi connectivity index (χ1n) is 13.2. The van der Waals surface area contributed by atoms with Gasteiger partial charge in [0.05, 0.1) is 23.2 Å². The molecule has 0 bridgehead atoms. The molecule has 2 aromatic rings. The Morgan fingerprint density at radius 1 is 1.29 bits per heavy atom. The summed E-state index contributed by atoms with van der Waals surface area (Å²) in [5, 5.41) is 11.1. The quantitative estimate of drug-likeness (QED) is 0.483. The number of unbranched alkanes of at least 4 members (excludes halogenated alkanes) is 1. The number of fused-ring (bicyclic) bond motifs is 1. The van der Waals surface area contributed by atoms with Gasteiger partial charge in [-0.1, -0.05) is 39.0 Å². The number of nitriles is 1. The van der Waals surface area contributed by atoms with Crippen molar-refractivity contribution >= 4 is 16.8 Å². The van der Waals surface area contributed by atoms with E-state index in [2.05, 4.69) is 27.2 Å². The molecule has 11 heteroatoms. The van der Waals surface area contributed by atoms with E-state index in [1.807, 2.05) is 62.3 Å². The SMILES string of the molecule is CC.CCCC#N.Cc1ccccc1S(=O)N1Cc2nc(OC[C@@H]3CCCN3C)nc(NCCN)c2C1.O.[HH]. The lowest BCUT2D eigenvalue weighted by Gasteiger charge is -2.19. The van der Waals surface area contributed by atoms with Crippen LogP contribution >= 0.6 is 0 Å². The fourth-order valence-electron chi connectivity index (χ4n) is 4.09. The molecule has 1 unspecified atom stereocenters. The lowest BCUT2D eigenvalue weighted by molar-refractivity contribution is 0.187. The number of nitrogens with one attached hydrogen (secondary N) is 1. The molecule has 2 aliphatic heterocycles. The zero-order chi connectivity index (χ0) is 27.2. The number of nitrogens with two attached hydrogens (primary N) is 1. The van der Waals surface area contributed by atoms with E-state index in [0.29, 0.717) is 51.3 Å². The Morgan fingerprint density at radius 2 is 2.03 bits per heavy atom. The van der Waals surface area contributed by atoms with Crippen molar-refractivity contribution in [3.8, 4) is 12.1 Å². The average Bonchev–Trinajstić information content (AvgIpc) is 3.54. The largest absolute Gasteiger partial charge is 0.462 e. The van der Waals surface area contributed by atoms with Crippen molar-refractivity contribution in [2.24, 2.45) is 5.73 Å². The van der Waals surface area contributed by atoms with Gasteiger partial charge in [0.15, 0.2) is 0 Å². The van der Waals surface area contributed by atoms with Crippen LogP contribution in [0.4, 0.5) is 5.82 Å². The van der Waals surface area contributed by atoms with E-state index >= 15 is 0 Å². The Kier molecular flexibility index (Phi) is 15.7. The maximum absolute atomic E-state index is 13.2. The molecule has 4 rings (SSSR count). The van der Waals surface area contributed by atoms with Gasteiger partial charge in [-0.2, -0.15) is 15.2 Å². The summed E-state index contributed by atoms with van der Waals surface area (Å²) >= 11 is 0. The number of nitrogens with zero attached hydrogens (tertiary/aromatic N) is 5. The normalized spacial score (nSPS) is 17.0. The fraction of sp³-hybridized carbons (Fsp3) is 0.593. The molecule has 214 valence electrons. The van der Waals surface area contributed by atoms with Gasteiger partial charge in [0, 0.05) is 39.1 Å². The standard InChI is InChI=1S/C21H30N6O2S.C4H7N.C2H6.H2O.H2/c1-15-6-3-4-8-19(15)30(28)27-12-17-18(13-27)24-21(25-20(17)23-10-9-22)29-14-16-7-5-11-26(16)2;1-2-3-4-5;1-2;;/h3-4,6,8,16H,5,7,9-14,22H2,1-2H3,(H,23,24,25);2-3H2,1H3;1-2H3;1H2;1H/t16-,30?;;;;/m0..../s1. The van der Waals surface area contributed by atoms with E-state index in [-0.39, 0.29) is 6.90 Å². The van der Waals surface area contributed by atoms with E-state index < -0.39 is 11.0 Å². The second-order valence-electron chi connectivity index (χ2n) is 8.80. The maximum Gasteiger partial charge on any atom is 0.318 e. The second-order valence-corrected chi connectivity index (χ2v) is 10.3. The van der Waals surface area contributed by atoms with E-state index in [1.165, 1.54) is 6.42 Å². The molecule has 0 radical (unpaired) electrons. The maximum atomic E-state index is 13.2. The summed E-state index contributed by atoms with van der Waals surface area (Å²) in [6.07, 6.45) is 4.00. The molecule has 3 heterocycles. The van der Waals surface area contributed by atoms with Crippen molar-refractivity contribution in [3.05, 3.63) is 41.1 Å². The molecule has 0 spiro atoms. The van der Waals surface area contributed by atoms with Gasteiger partial charge in [-0.15, -0.1) is 0 Å². The Hall–Kier alpha value is -2.62. The topological polar surface area (TPSA) is 152 Å². The third kappa shape index (κ3) is 9.29. The van der Waals surface area contributed by atoms with Crippen LogP contribution in [0.25, 0.3) is 0 Å². The summed E-state index contributed by atoms with van der Waals surface area (Å²) in [6.45, 7) is 11.8. The highest BCUT2D eigenvalue weighted by Crippen LogP contribution is 2.32. The number of likely N-dealkylation sites (N-methyl/N-ethyl adjacent to an activating group) is 1. The lowest BCUT2D eigenvalue weighted by Crippen LogP contribution is -2.31. The van der Waals surface area contributed by atoms with Crippen LogP contribution < -0.4 is 15.8 Å². The third-order valence-electron chi connectivity index (χ3n) is 6.12. The van der Waals surface area contributed by atoms with E-state index in [4.69, 9.17) is 15.7 Å². The van der Waals surface area contributed by atoms with E-state index in [1.54, 1.807) is 0 Å². The van der Waals surface area contributed by atoms with Gasteiger partial charge in [0.25, 0.3) is 0 Å². The number of aromatic nitrogens is 2. The van der Waals surface area contributed by atoms with E-state index in [0.717, 1.165) is 46.9 Å². The highest BCUT2D eigenvalue weighted by Gasteiger charge is 2.30. The first-order valence-corrected chi connectivity index (χ1v) is 14.3. The minimum absolute atomic E-state index is 0. The van der Waals surface area contributed by atoms with Gasteiger partial charge in [-0.3, -0.25) is 0 Å². The number of hydrogen-bond acceptors (Lipinski definition) is 8.